The van der Waals surface area contributed by atoms with Crippen LogP contribution in [-0.2, 0) is 21.2 Å². The Balaban J connectivity index is 2.07. The Hall–Kier alpha value is -2.20. The molecule has 0 aromatic heterocycles. The van der Waals surface area contributed by atoms with Crippen LogP contribution in [0.3, 0.4) is 0 Å². The maximum Gasteiger partial charge on any atom is 0.475 e. The topological polar surface area (TPSA) is 107 Å². The van der Waals surface area contributed by atoms with Gasteiger partial charge in [-0.1, -0.05) is 41.5 Å². The van der Waals surface area contributed by atoms with E-state index in [2.05, 4.69) is 5.32 Å². The summed E-state index contributed by atoms with van der Waals surface area (Å²) in [7, 11) is -4.30. The number of nitrogens with one attached hydrogen (secondary N) is 1. The SMILES string of the molecule is Cc1ccc(S(=O)(=O)N(C)CC(=O)NC(Cc2ccc(C)cc2C)B(O)O)cc1. The molecule has 29 heavy (non-hydrogen) atoms. The third-order valence-electron chi connectivity index (χ3n) is 4.74. The molecule has 0 aliphatic carbocycles. The van der Waals surface area contributed by atoms with E-state index in [0.717, 1.165) is 26.6 Å². The molecule has 1 atom stereocenters. The number of aryl methyl sites for hydroxylation is 3. The Morgan fingerprint density at radius 2 is 1.66 bits per heavy atom. The van der Waals surface area contributed by atoms with Crippen molar-refractivity contribution in [1.82, 2.24) is 9.62 Å². The highest BCUT2D eigenvalue weighted by molar-refractivity contribution is 7.89. The lowest BCUT2D eigenvalue weighted by Crippen LogP contribution is -2.50. The van der Waals surface area contributed by atoms with Crippen LogP contribution in [0.2, 0.25) is 0 Å². The van der Waals surface area contributed by atoms with Gasteiger partial charge >= 0.3 is 7.12 Å². The Labute approximate surface area is 172 Å². The average Bonchev–Trinajstić information content (AvgIpc) is 2.63. The molecule has 3 N–H and O–H groups in total. The number of rotatable bonds is 8. The number of sulfonamides is 1. The zero-order valence-electron chi connectivity index (χ0n) is 17.1. The third kappa shape index (κ3) is 6.14. The van der Waals surface area contributed by atoms with Crippen LogP contribution < -0.4 is 5.32 Å². The predicted octanol–water partition coefficient (Wildman–Crippen LogP) is 0.972. The molecule has 0 radical (unpaired) electrons. The van der Waals surface area contributed by atoms with E-state index in [-0.39, 0.29) is 11.3 Å². The second-order valence-electron chi connectivity index (χ2n) is 7.30. The summed E-state index contributed by atoms with van der Waals surface area (Å²) >= 11 is 0. The van der Waals surface area contributed by atoms with Gasteiger partial charge in [-0.05, 0) is 50.5 Å². The Morgan fingerprint density at radius 1 is 1.07 bits per heavy atom. The summed E-state index contributed by atoms with van der Waals surface area (Å²) in [5.74, 6) is -1.58. The minimum absolute atomic E-state index is 0.0902. The van der Waals surface area contributed by atoms with E-state index in [1.807, 2.05) is 39.0 Å². The van der Waals surface area contributed by atoms with Crippen LogP contribution in [0.15, 0.2) is 47.4 Å². The molecule has 0 aliphatic rings. The fourth-order valence-corrected chi connectivity index (χ4v) is 4.10. The van der Waals surface area contributed by atoms with Crippen LogP contribution >= 0.6 is 0 Å². The second-order valence-corrected chi connectivity index (χ2v) is 9.34. The van der Waals surface area contributed by atoms with Gasteiger partial charge in [0.15, 0.2) is 0 Å². The van der Waals surface area contributed by atoms with E-state index in [1.165, 1.54) is 19.2 Å². The first kappa shape index (κ1) is 23.1. The first-order valence-electron chi connectivity index (χ1n) is 9.25. The maximum atomic E-state index is 12.6. The van der Waals surface area contributed by atoms with Crippen LogP contribution in [0, 0.1) is 20.8 Å². The van der Waals surface area contributed by atoms with Crippen molar-refractivity contribution in [2.24, 2.45) is 0 Å². The van der Waals surface area contributed by atoms with Crippen LogP contribution in [0.4, 0.5) is 0 Å². The number of hydrogen-bond donors (Lipinski definition) is 3. The van der Waals surface area contributed by atoms with Gasteiger partial charge in [0.1, 0.15) is 0 Å². The molecule has 2 aromatic carbocycles. The summed E-state index contributed by atoms with van der Waals surface area (Å²) < 4.78 is 26.2. The van der Waals surface area contributed by atoms with Crippen molar-refractivity contribution in [2.75, 3.05) is 13.6 Å². The van der Waals surface area contributed by atoms with Crippen LogP contribution in [0.25, 0.3) is 0 Å². The van der Waals surface area contributed by atoms with Crippen LogP contribution in [-0.4, -0.2) is 55.3 Å². The van der Waals surface area contributed by atoms with E-state index < -0.39 is 35.5 Å². The van der Waals surface area contributed by atoms with Crippen molar-refractivity contribution in [3.8, 4) is 0 Å². The number of likely N-dealkylation sites (N-methyl/N-ethyl adjacent to an activating group) is 1. The molecule has 1 amide bonds. The zero-order valence-corrected chi connectivity index (χ0v) is 17.9. The van der Waals surface area contributed by atoms with E-state index >= 15 is 0 Å². The molecule has 9 heteroatoms. The molecular weight excluding hydrogens is 391 g/mol. The summed E-state index contributed by atoms with van der Waals surface area (Å²) in [6, 6.07) is 12.1. The molecule has 0 fully saturated rings. The van der Waals surface area contributed by atoms with Crippen molar-refractivity contribution in [2.45, 2.75) is 38.0 Å². The molecule has 1 unspecified atom stereocenters. The van der Waals surface area contributed by atoms with Crippen LogP contribution in [0.5, 0.6) is 0 Å². The third-order valence-corrected chi connectivity index (χ3v) is 6.56. The number of nitrogens with zero attached hydrogens (tertiary/aromatic N) is 1. The van der Waals surface area contributed by atoms with Gasteiger partial charge in [-0.2, -0.15) is 4.31 Å². The second kappa shape index (κ2) is 9.54. The smallest absolute Gasteiger partial charge is 0.426 e. The lowest BCUT2D eigenvalue weighted by molar-refractivity contribution is -0.121. The van der Waals surface area contributed by atoms with Gasteiger partial charge in [-0.3, -0.25) is 4.79 Å². The van der Waals surface area contributed by atoms with Crippen molar-refractivity contribution in [3.63, 3.8) is 0 Å². The minimum atomic E-state index is -3.83. The molecule has 0 saturated carbocycles. The monoisotopic (exact) mass is 418 g/mol. The summed E-state index contributed by atoms with van der Waals surface area (Å²) in [4.78, 5) is 12.5. The van der Waals surface area contributed by atoms with Gasteiger partial charge in [0.25, 0.3) is 0 Å². The molecule has 0 saturated heterocycles. The van der Waals surface area contributed by atoms with Crippen molar-refractivity contribution < 1.29 is 23.3 Å². The zero-order chi connectivity index (χ0) is 21.8. The molecule has 0 heterocycles. The van der Waals surface area contributed by atoms with E-state index in [0.29, 0.717) is 0 Å². The van der Waals surface area contributed by atoms with Gasteiger partial charge in [-0.15, -0.1) is 0 Å². The Morgan fingerprint density at radius 3 is 2.21 bits per heavy atom. The highest BCUT2D eigenvalue weighted by Crippen LogP contribution is 2.15. The fraction of sp³-hybridized carbons (Fsp3) is 0.350. The molecule has 156 valence electrons. The predicted molar refractivity (Wildman–Crippen MR) is 113 cm³/mol. The van der Waals surface area contributed by atoms with Crippen molar-refractivity contribution >= 4 is 23.0 Å². The average molecular weight is 418 g/mol. The summed E-state index contributed by atoms with van der Waals surface area (Å²) in [5, 5.41) is 21.9. The standard InChI is InChI=1S/C20H27BN2O5S/c1-14-6-9-18(10-7-14)29(27,28)23(4)13-20(24)22-19(21(25)26)12-17-8-5-15(2)11-16(17)3/h5-11,19,25-26H,12-13H2,1-4H3,(H,22,24). The lowest BCUT2D eigenvalue weighted by Gasteiger charge is -2.22. The molecule has 0 aliphatic heterocycles. The van der Waals surface area contributed by atoms with Gasteiger partial charge in [0.2, 0.25) is 15.9 Å². The number of carbonyl (C=O) groups is 1. The summed E-state index contributed by atoms with van der Waals surface area (Å²) in [5.41, 5.74) is 3.86. The normalized spacial score (nSPS) is 12.7. The molecule has 2 rings (SSSR count). The summed E-state index contributed by atoms with van der Waals surface area (Å²) in [6.45, 7) is 5.28. The largest absolute Gasteiger partial charge is 0.475 e. The number of hydrogen-bond acceptors (Lipinski definition) is 5. The van der Waals surface area contributed by atoms with Gasteiger partial charge in [0.05, 0.1) is 17.4 Å². The summed E-state index contributed by atoms with van der Waals surface area (Å²) in [6.07, 6.45) is 0.212. The van der Waals surface area contributed by atoms with Gasteiger partial charge < -0.3 is 15.4 Å². The van der Waals surface area contributed by atoms with Crippen molar-refractivity contribution in [1.29, 1.82) is 0 Å². The minimum Gasteiger partial charge on any atom is -0.426 e. The van der Waals surface area contributed by atoms with Crippen molar-refractivity contribution in [3.05, 3.63) is 64.7 Å². The molecule has 2 aromatic rings. The maximum absolute atomic E-state index is 12.6. The quantitative estimate of drug-likeness (QED) is 0.554. The van der Waals surface area contributed by atoms with Gasteiger partial charge in [-0.25, -0.2) is 8.42 Å². The lowest BCUT2D eigenvalue weighted by atomic mass is 9.75. The molecule has 0 bridgehead atoms. The number of benzene rings is 2. The highest BCUT2D eigenvalue weighted by Gasteiger charge is 2.28. The molecular formula is C20H27BN2O5S. The molecule has 7 nitrogen and oxygen atoms in total. The van der Waals surface area contributed by atoms with E-state index in [1.54, 1.807) is 12.1 Å². The first-order valence-corrected chi connectivity index (χ1v) is 10.7. The Kier molecular flexibility index (Phi) is 7.59. The fourth-order valence-electron chi connectivity index (χ4n) is 2.97. The van der Waals surface area contributed by atoms with Gasteiger partial charge in [0, 0.05) is 7.05 Å². The van der Waals surface area contributed by atoms with Crippen LogP contribution in [0.1, 0.15) is 22.3 Å². The Bertz CT molecular complexity index is 961. The first-order chi connectivity index (χ1) is 13.5. The van der Waals surface area contributed by atoms with E-state index in [9.17, 15) is 23.3 Å². The molecule has 0 spiro atoms. The number of amides is 1. The number of carbonyl (C=O) groups excluding carboxylic acids is 1. The van der Waals surface area contributed by atoms with E-state index in [4.69, 9.17) is 0 Å². The highest BCUT2D eigenvalue weighted by atomic mass is 32.2.